The van der Waals surface area contributed by atoms with E-state index in [-0.39, 0.29) is 0 Å². The third kappa shape index (κ3) is 8.26. The van der Waals surface area contributed by atoms with E-state index in [0.29, 0.717) is 0 Å². The average molecular weight is 186 g/mol. The fourth-order valence-electron chi connectivity index (χ4n) is 1.39. The first-order chi connectivity index (χ1) is 6.20. The summed E-state index contributed by atoms with van der Waals surface area (Å²) in [5.74, 6) is 0. The van der Waals surface area contributed by atoms with E-state index < -0.39 is 0 Å². The lowest BCUT2D eigenvalue weighted by Gasteiger charge is -2.18. The minimum absolute atomic E-state index is 0.736. The Hall–Kier alpha value is -0.0800. The van der Waals surface area contributed by atoms with Gasteiger partial charge in [0.2, 0.25) is 0 Å². The Morgan fingerprint density at radius 1 is 1.23 bits per heavy atom. The Kier molecular flexibility index (Phi) is 8.46. The van der Waals surface area contributed by atoms with Crippen LogP contribution < -0.4 is 5.32 Å². The molecule has 0 aliphatic carbocycles. The molecule has 0 heterocycles. The zero-order chi connectivity index (χ0) is 10.1. The van der Waals surface area contributed by atoms with Crippen LogP contribution in [0.3, 0.4) is 0 Å². The van der Waals surface area contributed by atoms with E-state index in [1.807, 2.05) is 0 Å². The molecule has 1 unspecified atom stereocenters. The second-order valence-corrected chi connectivity index (χ2v) is 4.00. The lowest BCUT2D eigenvalue weighted by atomic mass is 10.1. The average Bonchev–Trinajstić information content (AvgIpc) is 2.10. The minimum atomic E-state index is 0.736. The quantitative estimate of drug-likeness (QED) is 0.624. The molecule has 80 valence electrons. The molecule has 0 saturated heterocycles. The van der Waals surface area contributed by atoms with Gasteiger partial charge in [0, 0.05) is 19.1 Å². The molecule has 0 aliphatic rings. The van der Waals surface area contributed by atoms with Crippen molar-refractivity contribution in [3.63, 3.8) is 0 Å². The molecule has 13 heavy (non-hydrogen) atoms. The third-order valence-corrected chi connectivity index (χ3v) is 2.39. The number of likely N-dealkylation sites (N-methyl/N-ethyl adjacent to an activating group) is 1. The normalized spacial score (nSPS) is 13.6. The summed E-state index contributed by atoms with van der Waals surface area (Å²) in [6, 6.07) is 0.736. The molecular weight excluding hydrogens is 160 g/mol. The Labute approximate surface area is 83.7 Å². The molecule has 2 nitrogen and oxygen atoms in total. The fourth-order valence-corrected chi connectivity index (χ4v) is 1.39. The maximum absolute atomic E-state index is 3.59. The molecule has 1 N–H and O–H groups in total. The monoisotopic (exact) mass is 186 g/mol. The molecule has 0 rings (SSSR count). The number of nitrogens with zero attached hydrogens (tertiary/aromatic N) is 1. The van der Waals surface area contributed by atoms with Crippen molar-refractivity contribution in [3.05, 3.63) is 0 Å². The van der Waals surface area contributed by atoms with Gasteiger partial charge in [-0.3, -0.25) is 0 Å². The smallest absolute Gasteiger partial charge is 0.0101 e. The summed E-state index contributed by atoms with van der Waals surface area (Å²) < 4.78 is 0. The zero-order valence-corrected chi connectivity index (χ0v) is 9.77. The van der Waals surface area contributed by atoms with Gasteiger partial charge < -0.3 is 10.2 Å². The van der Waals surface area contributed by atoms with E-state index in [2.05, 4.69) is 38.2 Å². The van der Waals surface area contributed by atoms with Gasteiger partial charge in [-0.1, -0.05) is 26.7 Å². The molecular formula is C11H26N2. The summed E-state index contributed by atoms with van der Waals surface area (Å²) in [5.41, 5.74) is 0. The number of hydrogen-bond donors (Lipinski definition) is 1. The predicted octanol–water partition coefficient (Wildman–Crippen LogP) is 2.11. The largest absolute Gasteiger partial charge is 0.313 e. The number of unbranched alkanes of at least 4 members (excludes halogenated alkanes) is 1. The van der Waals surface area contributed by atoms with Crippen molar-refractivity contribution in [1.82, 2.24) is 10.2 Å². The van der Waals surface area contributed by atoms with Crippen LogP contribution in [0.1, 0.15) is 39.5 Å². The molecule has 0 aromatic heterocycles. The molecule has 0 bridgehead atoms. The van der Waals surface area contributed by atoms with Gasteiger partial charge in [0.1, 0.15) is 0 Å². The summed E-state index contributed by atoms with van der Waals surface area (Å²) in [6.07, 6.45) is 5.26. The van der Waals surface area contributed by atoms with Crippen LogP contribution in [0, 0.1) is 0 Å². The van der Waals surface area contributed by atoms with Crippen molar-refractivity contribution < 1.29 is 0 Å². The van der Waals surface area contributed by atoms with Crippen LogP contribution in [-0.2, 0) is 0 Å². The van der Waals surface area contributed by atoms with Gasteiger partial charge in [-0.15, -0.1) is 0 Å². The molecule has 0 amide bonds. The van der Waals surface area contributed by atoms with Gasteiger partial charge in [0.15, 0.2) is 0 Å². The van der Waals surface area contributed by atoms with Gasteiger partial charge >= 0.3 is 0 Å². The first-order valence-corrected chi connectivity index (χ1v) is 5.58. The van der Waals surface area contributed by atoms with Crippen LogP contribution in [0.25, 0.3) is 0 Å². The Balaban J connectivity index is 3.36. The maximum atomic E-state index is 3.59. The maximum Gasteiger partial charge on any atom is 0.0101 e. The zero-order valence-electron chi connectivity index (χ0n) is 9.77. The highest BCUT2D eigenvalue weighted by molar-refractivity contribution is 4.65. The first-order valence-electron chi connectivity index (χ1n) is 5.58. The second-order valence-electron chi connectivity index (χ2n) is 4.00. The first kappa shape index (κ1) is 12.9. The molecule has 0 radical (unpaired) electrons. The SMILES string of the molecule is CCCCC(CC)NCCN(C)C. The number of nitrogens with one attached hydrogen (secondary N) is 1. The van der Waals surface area contributed by atoms with E-state index in [0.717, 1.165) is 19.1 Å². The van der Waals surface area contributed by atoms with Crippen molar-refractivity contribution in [2.75, 3.05) is 27.2 Å². The highest BCUT2D eigenvalue weighted by Gasteiger charge is 2.03. The number of hydrogen-bond acceptors (Lipinski definition) is 2. The lowest BCUT2D eigenvalue weighted by Crippen LogP contribution is -2.34. The van der Waals surface area contributed by atoms with Gasteiger partial charge in [-0.05, 0) is 26.9 Å². The molecule has 0 aliphatic heterocycles. The third-order valence-electron chi connectivity index (χ3n) is 2.39. The molecule has 1 atom stereocenters. The minimum Gasteiger partial charge on any atom is -0.313 e. The molecule has 0 aromatic rings. The molecule has 0 spiro atoms. The summed E-state index contributed by atoms with van der Waals surface area (Å²) in [4.78, 5) is 2.22. The molecule has 0 fully saturated rings. The number of rotatable bonds is 8. The summed E-state index contributed by atoms with van der Waals surface area (Å²) >= 11 is 0. The van der Waals surface area contributed by atoms with Crippen molar-refractivity contribution in [2.45, 2.75) is 45.6 Å². The Morgan fingerprint density at radius 3 is 2.38 bits per heavy atom. The van der Waals surface area contributed by atoms with Gasteiger partial charge in [-0.2, -0.15) is 0 Å². The standard InChI is InChI=1S/C11H26N2/c1-5-7-8-11(6-2)12-9-10-13(3)4/h11-12H,5-10H2,1-4H3. The van der Waals surface area contributed by atoms with E-state index in [4.69, 9.17) is 0 Å². The van der Waals surface area contributed by atoms with Crippen LogP contribution in [0.4, 0.5) is 0 Å². The Morgan fingerprint density at radius 2 is 1.92 bits per heavy atom. The highest BCUT2D eigenvalue weighted by Crippen LogP contribution is 2.03. The van der Waals surface area contributed by atoms with Gasteiger partial charge in [0.05, 0.1) is 0 Å². The van der Waals surface area contributed by atoms with Crippen LogP contribution in [0.5, 0.6) is 0 Å². The van der Waals surface area contributed by atoms with Gasteiger partial charge in [0.25, 0.3) is 0 Å². The van der Waals surface area contributed by atoms with E-state index >= 15 is 0 Å². The summed E-state index contributed by atoms with van der Waals surface area (Å²) in [6.45, 7) is 6.79. The second kappa shape index (κ2) is 8.52. The van der Waals surface area contributed by atoms with Crippen molar-refractivity contribution in [2.24, 2.45) is 0 Å². The van der Waals surface area contributed by atoms with Crippen molar-refractivity contribution in [1.29, 1.82) is 0 Å². The predicted molar refractivity (Wildman–Crippen MR) is 60.2 cm³/mol. The van der Waals surface area contributed by atoms with Gasteiger partial charge in [-0.25, -0.2) is 0 Å². The van der Waals surface area contributed by atoms with Crippen molar-refractivity contribution in [3.8, 4) is 0 Å². The molecule has 0 aromatic carbocycles. The van der Waals surface area contributed by atoms with Crippen LogP contribution in [-0.4, -0.2) is 38.1 Å². The molecule has 0 saturated carbocycles. The van der Waals surface area contributed by atoms with Crippen molar-refractivity contribution >= 4 is 0 Å². The van der Waals surface area contributed by atoms with Crippen LogP contribution in [0.2, 0.25) is 0 Å². The topological polar surface area (TPSA) is 15.3 Å². The summed E-state index contributed by atoms with van der Waals surface area (Å²) in [5, 5.41) is 3.59. The highest BCUT2D eigenvalue weighted by atomic mass is 15.1. The van der Waals surface area contributed by atoms with E-state index in [1.54, 1.807) is 0 Å². The van der Waals surface area contributed by atoms with E-state index in [9.17, 15) is 0 Å². The lowest BCUT2D eigenvalue weighted by molar-refractivity contribution is 0.370. The van der Waals surface area contributed by atoms with Crippen LogP contribution in [0.15, 0.2) is 0 Å². The summed E-state index contributed by atoms with van der Waals surface area (Å²) in [7, 11) is 4.24. The van der Waals surface area contributed by atoms with E-state index in [1.165, 1.54) is 25.7 Å². The molecule has 2 heteroatoms. The Bertz CT molecular complexity index is 102. The van der Waals surface area contributed by atoms with Crippen LogP contribution >= 0.6 is 0 Å². The fraction of sp³-hybridized carbons (Fsp3) is 1.00.